The van der Waals surface area contributed by atoms with Crippen LogP contribution in [0.15, 0.2) is 36.9 Å². The zero-order valence-corrected chi connectivity index (χ0v) is 15.5. The molecule has 2 rings (SSSR count). The zero-order valence-electron chi connectivity index (χ0n) is 15.5. The van der Waals surface area contributed by atoms with Crippen molar-refractivity contribution in [1.29, 1.82) is 0 Å². The van der Waals surface area contributed by atoms with Crippen molar-refractivity contribution in [3.63, 3.8) is 0 Å². The molecule has 0 saturated heterocycles. The molecule has 0 nitrogen and oxygen atoms in total. The molecule has 0 heteroatoms. The van der Waals surface area contributed by atoms with Crippen molar-refractivity contribution in [2.24, 2.45) is 0 Å². The van der Waals surface area contributed by atoms with E-state index in [0.717, 1.165) is 6.42 Å². The quantitative estimate of drug-likeness (QED) is 0.552. The van der Waals surface area contributed by atoms with Crippen LogP contribution in [-0.2, 0) is 6.42 Å². The monoisotopic (exact) mass is 296 g/mol. The van der Waals surface area contributed by atoms with Crippen molar-refractivity contribution >= 4 is 22.9 Å². The molecular weight excluding hydrogens is 264 g/mol. The highest BCUT2D eigenvalue weighted by Gasteiger charge is 2.09. The van der Waals surface area contributed by atoms with E-state index in [-0.39, 0.29) is 0 Å². The lowest BCUT2D eigenvalue weighted by molar-refractivity contribution is 1.15. The van der Waals surface area contributed by atoms with E-state index in [2.05, 4.69) is 63.8 Å². The van der Waals surface area contributed by atoms with E-state index in [1.54, 1.807) is 0 Å². The molecule has 0 unspecified atom stereocenters. The van der Waals surface area contributed by atoms with Crippen molar-refractivity contribution in [3.05, 3.63) is 59.2 Å². The number of hydrogen-bond acceptors (Lipinski definition) is 0. The Morgan fingerprint density at radius 3 is 2.18 bits per heavy atom. The van der Waals surface area contributed by atoms with Gasteiger partial charge in [0.05, 0.1) is 0 Å². The average molecular weight is 296 g/mol. The fourth-order valence-corrected chi connectivity index (χ4v) is 2.60. The van der Waals surface area contributed by atoms with Crippen LogP contribution in [0.1, 0.15) is 63.8 Å². The second kappa shape index (κ2) is 10.8. The minimum atomic E-state index is 1.04. The molecule has 0 spiro atoms. The van der Waals surface area contributed by atoms with Gasteiger partial charge >= 0.3 is 0 Å². The summed E-state index contributed by atoms with van der Waals surface area (Å²) in [6.07, 6.45) is 7.29. The summed E-state index contributed by atoms with van der Waals surface area (Å²) in [6.45, 7) is 18.4. The number of allylic oxidation sites excluding steroid dienone is 1. The highest BCUT2D eigenvalue weighted by atomic mass is 14.1. The van der Waals surface area contributed by atoms with Crippen molar-refractivity contribution in [2.75, 3.05) is 0 Å². The molecule has 0 radical (unpaired) electrons. The molecular formula is C22H32. The number of hydrogen-bond donors (Lipinski definition) is 0. The van der Waals surface area contributed by atoms with Crippen LogP contribution in [-0.4, -0.2) is 0 Å². The minimum absolute atomic E-state index is 1.04. The lowest BCUT2D eigenvalue weighted by Crippen LogP contribution is -1.94. The normalized spacial score (nSPS) is 9.77. The molecule has 0 saturated carbocycles. The molecule has 2 aromatic rings. The maximum atomic E-state index is 3.95. The van der Waals surface area contributed by atoms with Crippen LogP contribution in [0.2, 0.25) is 0 Å². The van der Waals surface area contributed by atoms with Gasteiger partial charge in [-0.05, 0) is 59.4 Å². The molecule has 0 fully saturated rings. The number of fused-ring (bicyclic) bond motifs is 1. The summed E-state index contributed by atoms with van der Waals surface area (Å²) >= 11 is 0. The first-order chi connectivity index (χ1) is 10.7. The van der Waals surface area contributed by atoms with Gasteiger partial charge in [-0.25, -0.2) is 0 Å². The standard InChI is InChI=1S/C18H20.2C2H6/c1-5-9-16-14(6-2)12-18-13(4)10-8-11-17(18)15(16)7-3;2*1-2/h5-6,8-12H,2,7H2,1,3-4H3;2*1-2H3/b9-5-;;. The zero-order chi connectivity index (χ0) is 17.1. The van der Waals surface area contributed by atoms with Gasteiger partial charge in [0.2, 0.25) is 0 Å². The summed E-state index contributed by atoms with van der Waals surface area (Å²) in [5, 5.41) is 2.72. The molecule has 0 aromatic heterocycles. The van der Waals surface area contributed by atoms with Crippen LogP contribution < -0.4 is 0 Å². The Kier molecular flexibility index (Phi) is 9.95. The van der Waals surface area contributed by atoms with Gasteiger partial charge in [0.25, 0.3) is 0 Å². The number of benzene rings is 2. The van der Waals surface area contributed by atoms with Crippen molar-refractivity contribution in [3.8, 4) is 0 Å². The first-order valence-corrected chi connectivity index (χ1v) is 8.53. The van der Waals surface area contributed by atoms with E-state index in [1.165, 1.54) is 33.0 Å². The molecule has 0 aliphatic carbocycles. The van der Waals surface area contributed by atoms with Gasteiger partial charge in [-0.2, -0.15) is 0 Å². The summed E-state index contributed by atoms with van der Waals surface area (Å²) in [6, 6.07) is 8.79. The Bertz CT molecular complexity index is 615. The van der Waals surface area contributed by atoms with E-state index < -0.39 is 0 Å². The predicted octanol–water partition coefficient (Wildman–Crippen LogP) is 7.44. The smallest absolute Gasteiger partial charge is 0.0143 e. The highest BCUT2D eigenvalue weighted by Crippen LogP contribution is 2.30. The number of aryl methyl sites for hydroxylation is 2. The SMILES string of the molecule is C=Cc1cc2c(C)cccc2c(CC)c1/C=C\C.CC.CC. The van der Waals surface area contributed by atoms with Crippen LogP contribution in [0, 0.1) is 6.92 Å². The fourth-order valence-electron chi connectivity index (χ4n) is 2.60. The highest BCUT2D eigenvalue weighted by molar-refractivity contribution is 5.94. The molecule has 0 aliphatic heterocycles. The second-order valence-corrected chi connectivity index (χ2v) is 4.59. The van der Waals surface area contributed by atoms with Crippen molar-refractivity contribution in [1.82, 2.24) is 0 Å². The second-order valence-electron chi connectivity index (χ2n) is 4.59. The van der Waals surface area contributed by atoms with Crippen LogP contribution in [0.25, 0.3) is 22.9 Å². The van der Waals surface area contributed by atoms with Crippen LogP contribution in [0.4, 0.5) is 0 Å². The van der Waals surface area contributed by atoms with E-state index in [9.17, 15) is 0 Å². The summed E-state index contributed by atoms with van der Waals surface area (Å²) in [7, 11) is 0. The van der Waals surface area contributed by atoms with Gasteiger partial charge in [-0.3, -0.25) is 0 Å². The van der Waals surface area contributed by atoms with Crippen LogP contribution in [0.5, 0.6) is 0 Å². The van der Waals surface area contributed by atoms with Crippen LogP contribution >= 0.6 is 0 Å². The summed E-state index contributed by atoms with van der Waals surface area (Å²) in [5.41, 5.74) is 5.29. The van der Waals surface area contributed by atoms with E-state index in [4.69, 9.17) is 0 Å². The Morgan fingerprint density at radius 2 is 1.68 bits per heavy atom. The average Bonchev–Trinajstić information content (AvgIpc) is 2.58. The lowest BCUT2D eigenvalue weighted by Gasteiger charge is -2.14. The molecule has 0 N–H and O–H groups in total. The van der Waals surface area contributed by atoms with Crippen molar-refractivity contribution < 1.29 is 0 Å². The molecule has 0 bridgehead atoms. The first-order valence-electron chi connectivity index (χ1n) is 8.53. The maximum Gasteiger partial charge on any atom is -0.0143 e. The third-order valence-corrected chi connectivity index (χ3v) is 3.49. The minimum Gasteiger partial charge on any atom is -0.0984 e. The summed E-state index contributed by atoms with van der Waals surface area (Å²) in [5.74, 6) is 0. The van der Waals surface area contributed by atoms with Crippen molar-refractivity contribution in [2.45, 2.75) is 54.9 Å². The Balaban J connectivity index is 0.00000102. The van der Waals surface area contributed by atoms with E-state index in [0.29, 0.717) is 0 Å². The third-order valence-electron chi connectivity index (χ3n) is 3.49. The molecule has 120 valence electrons. The molecule has 0 aliphatic rings. The maximum absolute atomic E-state index is 3.95. The molecule has 0 amide bonds. The molecule has 2 aromatic carbocycles. The van der Waals surface area contributed by atoms with Gasteiger partial charge in [0, 0.05) is 0 Å². The Labute approximate surface area is 137 Å². The molecule has 0 atom stereocenters. The van der Waals surface area contributed by atoms with Gasteiger partial charge in [-0.1, -0.05) is 77.6 Å². The lowest BCUT2D eigenvalue weighted by atomic mass is 9.90. The van der Waals surface area contributed by atoms with E-state index in [1.807, 2.05) is 33.8 Å². The van der Waals surface area contributed by atoms with Gasteiger partial charge < -0.3 is 0 Å². The summed E-state index contributed by atoms with van der Waals surface area (Å²) in [4.78, 5) is 0. The molecule has 22 heavy (non-hydrogen) atoms. The largest absolute Gasteiger partial charge is 0.0984 e. The van der Waals surface area contributed by atoms with Gasteiger partial charge in [0.15, 0.2) is 0 Å². The third kappa shape index (κ3) is 4.34. The molecule has 0 heterocycles. The number of rotatable bonds is 3. The van der Waals surface area contributed by atoms with E-state index >= 15 is 0 Å². The summed E-state index contributed by atoms with van der Waals surface area (Å²) < 4.78 is 0. The van der Waals surface area contributed by atoms with Gasteiger partial charge in [-0.15, -0.1) is 0 Å². The predicted molar refractivity (Wildman–Crippen MR) is 106 cm³/mol. The first kappa shape index (κ1) is 20.2. The van der Waals surface area contributed by atoms with Gasteiger partial charge in [0.1, 0.15) is 0 Å². The topological polar surface area (TPSA) is 0 Å². The Hall–Kier alpha value is -1.82. The van der Waals surface area contributed by atoms with Crippen LogP contribution in [0.3, 0.4) is 0 Å². The Morgan fingerprint density at radius 1 is 1.05 bits per heavy atom. The fraction of sp³-hybridized carbons (Fsp3) is 0.364.